The summed E-state index contributed by atoms with van der Waals surface area (Å²) in [6, 6.07) is 12.6. The first kappa shape index (κ1) is 14.6. The lowest BCUT2D eigenvalue weighted by molar-refractivity contribution is -0.137. The SMILES string of the molecule is OCCc1ccc([CH]c2ccccc2C(F)(F)F)cc1. The lowest BCUT2D eigenvalue weighted by Gasteiger charge is -2.12. The van der Waals surface area contributed by atoms with E-state index >= 15 is 0 Å². The molecule has 2 aromatic carbocycles. The van der Waals surface area contributed by atoms with E-state index in [1.165, 1.54) is 18.6 Å². The molecule has 105 valence electrons. The second kappa shape index (κ2) is 6.09. The Bertz CT molecular complexity index is 559. The van der Waals surface area contributed by atoms with E-state index in [0.717, 1.165) is 11.6 Å². The molecule has 0 aromatic heterocycles. The molecule has 1 N–H and O–H groups in total. The summed E-state index contributed by atoms with van der Waals surface area (Å²) in [5, 5.41) is 8.82. The Hall–Kier alpha value is -1.81. The summed E-state index contributed by atoms with van der Waals surface area (Å²) >= 11 is 0. The Balaban J connectivity index is 2.22. The van der Waals surface area contributed by atoms with Gasteiger partial charge in [-0.15, -0.1) is 0 Å². The van der Waals surface area contributed by atoms with Crippen LogP contribution in [0.1, 0.15) is 22.3 Å². The van der Waals surface area contributed by atoms with Crippen molar-refractivity contribution in [1.82, 2.24) is 0 Å². The second-order valence-corrected chi connectivity index (χ2v) is 4.44. The molecule has 20 heavy (non-hydrogen) atoms. The van der Waals surface area contributed by atoms with Crippen LogP contribution in [0.2, 0.25) is 0 Å². The van der Waals surface area contributed by atoms with Crippen molar-refractivity contribution in [2.45, 2.75) is 12.6 Å². The van der Waals surface area contributed by atoms with Gasteiger partial charge < -0.3 is 5.11 Å². The lowest BCUT2D eigenvalue weighted by Crippen LogP contribution is -2.08. The maximum Gasteiger partial charge on any atom is 0.416 e. The van der Waals surface area contributed by atoms with Crippen LogP contribution in [0.4, 0.5) is 13.2 Å². The van der Waals surface area contributed by atoms with Gasteiger partial charge in [-0.25, -0.2) is 0 Å². The van der Waals surface area contributed by atoms with E-state index in [9.17, 15) is 13.2 Å². The topological polar surface area (TPSA) is 20.2 Å². The van der Waals surface area contributed by atoms with Crippen LogP contribution < -0.4 is 0 Å². The first-order valence-corrected chi connectivity index (χ1v) is 6.21. The fraction of sp³-hybridized carbons (Fsp3) is 0.188. The normalized spacial score (nSPS) is 11.6. The van der Waals surface area contributed by atoms with Gasteiger partial charge in [-0.3, -0.25) is 0 Å². The van der Waals surface area contributed by atoms with Gasteiger partial charge in [0.15, 0.2) is 0 Å². The molecule has 0 unspecified atom stereocenters. The number of halogens is 3. The van der Waals surface area contributed by atoms with Gasteiger partial charge in [0.2, 0.25) is 0 Å². The summed E-state index contributed by atoms with van der Waals surface area (Å²) in [6.45, 7) is 0.0555. The van der Waals surface area contributed by atoms with Crippen LogP contribution in [0.3, 0.4) is 0 Å². The molecule has 4 heteroatoms. The Morgan fingerprint density at radius 2 is 1.60 bits per heavy atom. The molecule has 2 aromatic rings. The van der Waals surface area contributed by atoms with Crippen LogP contribution in [0.5, 0.6) is 0 Å². The van der Waals surface area contributed by atoms with Crippen molar-refractivity contribution >= 4 is 0 Å². The van der Waals surface area contributed by atoms with Gasteiger partial charge in [-0.1, -0.05) is 42.5 Å². The molecule has 2 rings (SSSR count). The first-order valence-electron chi connectivity index (χ1n) is 6.21. The molecule has 0 fully saturated rings. The van der Waals surface area contributed by atoms with E-state index in [-0.39, 0.29) is 12.2 Å². The highest BCUT2D eigenvalue weighted by molar-refractivity contribution is 5.43. The number of hydrogen-bond acceptors (Lipinski definition) is 1. The molecule has 0 spiro atoms. The summed E-state index contributed by atoms with van der Waals surface area (Å²) in [4.78, 5) is 0. The van der Waals surface area contributed by atoms with E-state index < -0.39 is 11.7 Å². The monoisotopic (exact) mass is 279 g/mol. The Labute approximate surface area is 115 Å². The van der Waals surface area contributed by atoms with Crippen molar-refractivity contribution in [1.29, 1.82) is 0 Å². The van der Waals surface area contributed by atoms with Gasteiger partial charge >= 0.3 is 6.18 Å². The van der Waals surface area contributed by atoms with E-state index in [1.54, 1.807) is 30.3 Å². The first-order chi connectivity index (χ1) is 9.50. The second-order valence-electron chi connectivity index (χ2n) is 4.44. The Kier molecular flexibility index (Phi) is 4.45. The standard InChI is InChI=1S/C16H14F3O/c17-16(18,19)15-4-2-1-3-14(15)11-13-7-5-12(6-8-13)9-10-20/h1-8,11,20H,9-10H2. The summed E-state index contributed by atoms with van der Waals surface area (Å²) < 4.78 is 38.6. The zero-order valence-electron chi connectivity index (χ0n) is 10.7. The fourth-order valence-corrected chi connectivity index (χ4v) is 1.97. The van der Waals surface area contributed by atoms with Crippen molar-refractivity contribution in [3.63, 3.8) is 0 Å². The molecular formula is C16H14F3O. The predicted octanol–water partition coefficient (Wildman–Crippen LogP) is 3.84. The third kappa shape index (κ3) is 3.61. The van der Waals surface area contributed by atoms with E-state index in [2.05, 4.69) is 0 Å². The summed E-state index contributed by atoms with van der Waals surface area (Å²) in [5.74, 6) is 0. The number of aliphatic hydroxyl groups excluding tert-OH is 1. The van der Waals surface area contributed by atoms with Gasteiger partial charge in [-0.05, 0) is 29.2 Å². The highest BCUT2D eigenvalue weighted by atomic mass is 19.4. The smallest absolute Gasteiger partial charge is 0.396 e. The third-order valence-corrected chi connectivity index (χ3v) is 2.97. The molecule has 0 bridgehead atoms. The van der Waals surface area contributed by atoms with Crippen LogP contribution in [-0.2, 0) is 12.6 Å². The van der Waals surface area contributed by atoms with Crippen molar-refractivity contribution in [2.75, 3.05) is 6.61 Å². The quantitative estimate of drug-likeness (QED) is 0.901. The number of aliphatic hydroxyl groups is 1. The highest BCUT2D eigenvalue weighted by Gasteiger charge is 2.32. The maximum atomic E-state index is 12.9. The molecule has 0 saturated heterocycles. The summed E-state index contributed by atoms with van der Waals surface area (Å²) in [6.07, 6.45) is -2.31. The molecule has 0 atom stereocenters. The van der Waals surface area contributed by atoms with Crippen molar-refractivity contribution in [2.24, 2.45) is 0 Å². The zero-order chi connectivity index (χ0) is 14.6. The number of rotatable bonds is 4. The van der Waals surface area contributed by atoms with Crippen molar-refractivity contribution in [3.05, 3.63) is 77.2 Å². The molecule has 1 radical (unpaired) electrons. The Morgan fingerprint density at radius 3 is 2.20 bits per heavy atom. The van der Waals surface area contributed by atoms with Crippen LogP contribution in [-0.4, -0.2) is 11.7 Å². The van der Waals surface area contributed by atoms with E-state index in [0.29, 0.717) is 12.0 Å². The van der Waals surface area contributed by atoms with E-state index in [4.69, 9.17) is 5.11 Å². The Morgan fingerprint density at radius 1 is 0.950 bits per heavy atom. The van der Waals surface area contributed by atoms with Crippen LogP contribution in [0.25, 0.3) is 0 Å². The van der Waals surface area contributed by atoms with Crippen LogP contribution in [0.15, 0.2) is 48.5 Å². The minimum Gasteiger partial charge on any atom is -0.396 e. The van der Waals surface area contributed by atoms with Crippen LogP contribution >= 0.6 is 0 Å². The van der Waals surface area contributed by atoms with Crippen LogP contribution in [0, 0.1) is 6.42 Å². The predicted molar refractivity (Wildman–Crippen MR) is 71.2 cm³/mol. The van der Waals surface area contributed by atoms with E-state index in [1.807, 2.05) is 0 Å². The van der Waals surface area contributed by atoms with Gasteiger partial charge in [0, 0.05) is 13.0 Å². The molecule has 0 aliphatic heterocycles. The van der Waals surface area contributed by atoms with Gasteiger partial charge in [0.25, 0.3) is 0 Å². The zero-order valence-corrected chi connectivity index (χ0v) is 10.7. The molecule has 0 amide bonds. The molecule has 0 heterocycles. The van der Waals surface area contributed by atoms with Gasteiger partial charge in [-0.2, -0.15) is 13.2 Å². The number of benzene rings is 2. The maximum absolute atomic E-state index is 12.9. The minimum absolute atomic E-state index is 0.0555. The van der Waals surface area contributed by atoms with Crippen molar-refractivity contribution in [3.8, 4) is 0 Å². The highest BCUT2D eigenvalue weighted by Crippen LogP contribution is 2.33. The molecular weight excluding hydrogens is 265 g/mol. The average molecular weight is 279 g/mol. The number of hydrogen-bond donors (Lipinski definition) is 1. The van der Waals surface area contributed by atoms with Gasteiger partial charge in [0.1, 0.15) is 0 Å². The molecule has 0 aliphatic rings. The third-order valence-electron chi connectivity index (χ3n) is 2.97. The fourth-order valence-electron chi connectivity index (χ4n) is 1.97. The number of alkyl halides is 3. The summed E-state index contributed by atoms with van der Waals surface area (Å²) in [7, 11) is 0. The molecule has 0 saturated carbocycles. The van der Waals surface area contributed by atoms with Gasteiger partial charge in [0.05, 0.1) is 5.56 Å². The molecule has 0 aliphatic carbocycles. The molecule has 1 nitrogen and oxygen atoms in total. The van der Waals surface area contributed by atoms with Crippen molar-refractivity contribution < 1.29 is 18.3 Å². The average Bonchev–Trinajstić information content (AvgIpc) is 2.41. The summed E-state index contributed by atoms with van der Waals surface area (Å²) in [5.41, 5.74) is 1.16. The lowest BCUT2D eigenvalue weighted by atomic mass is 9.98. The largest absolute Gasteiger partial charge is 0.416 e. The minimum atomic E-state index is -4.36.